The van der Waals surface area contributed by atoms with E-state index in [0.717, 1.165) is 18.9 Å². The number of aromatic nitrogens is 1. The molecule has 0 aromatic carbocycles. The highest BCUT2D eigenvalue weighted by molar-refractivity contribution is 5.68. The number of nitrogens with zero attached hydrogens (tertiary/aromatic N) is 4. The molecule has 0 aliphatic carbocycles. The highest BCUT2D eigenvalue weighted by Gasteiger charge is 2.22. The fourth-order valence-corrected chi connectivity index (χ4v) is 2.09. The molecule has 21 heavy (non-hydrogen) atoms. The van der Waals surface area contributed by atoms with Gasteiger partial charge in [0.2, 0.25) is 0 Å². The molecule has 0 saturated carbocycles. The molecular weight excluding hydrogens is 268 g/mol. The summed E-state index contributed by atoms with van der Waals surface area (Å²) in [4.78, 5) is 20.0. The Kier molecular flexibility index (Phi) is 4.99. The molecule has 2 heterocycles. The fraction of sp³-hybridized carbons (Fsp3) is 0.533. The van der Waals surface area contributed by atoms with Crippen LogP contribution < -0.4 is 4.90 Å². The predicted molar refractivity (Wildman–Crippen MR) is 78.9 cm³/mol. The van der Waals surface area contributed by atoms with Gasteiger partial charge in [-0.1, -0.05) is 13.8 Å². The molecule has 0 bridgehead atoms. The van der Waals surface area contributed by atoms with Gasteiger partial charge in [-0.2, -0.15) is 5.26 Å². The van der Waals surface area contributed by atoms with Crippen LogP contribution in [0.15, 0.2) is 18.3 Å². The normalized spacial score (nSPS) is 15.0. The average molecular weight is 288 g/mol. The Balaban J connectivity index is 1.85. The van der Waals surface area contributed by atoms with Gasteiger partial charge in [0, 0.05) is 32.4 Å². The fourth-order valence-electron chi connectivity index (χ4n) is 2.09. The standard InChI is InChI=1S/C15H20N4O2/c1-12(2)11-21-15(20)19-7-5-18(6-8-19)14-4-3-13(9-16)10-17-14/h3-4,10,12H,5-8,11H2,1-2H3. The van der Waals surface area contributed by atoms with Crippen molar-refractivity contribution in [2.75, 3.05) is 37.7 Å². The van der Waals surface area contributed by atoms with Gasteiger partial charge in [-0.05, 0) is 18.1 Å². The summed E-state index contributed by atoms with van der Waals surface area (Å²) in [6.07, 6.45) is 1.33. The number of hydrogen-bond acceptors (Lipinski definition) is 5. The third-order valence-electron chi connectivity index (χ3n) is 3.28. The smallest absolute Gasteiger partial charge is 0.409 e. The number of nitriles is 1. The zero-order valence-corrected chi connectivity index (χ0v) is 12.5. The molecule has 1 saturated heterocycles. The molecule has 6 heteroatoms. The molecule has 0 atom stereocenters. The summed E-state index contributed by atoms with van der Waals surface area (Å²) in [6.45, 7) is 7.17. The first-order valence-electron chi connectivity index (χ1n) is 7.13. The van der Waals surface area contributed by atoms with Crippen molar-refractivity contribution in [3.63, 3.8) is 0 Å². The second kappa shape index (κ2) is 6.93. The minimum absolute atomic E-state index is 0.240. The largest absolute Gasteiger partial charge is 0.449 e. The summed E-state index contributed by atoms with van der Waals surface area (Å²) in [7, 11) is 0. The lowest BCUT2D eigenvalue weighted by molar-refractivity contribution is 0.0901. The molecule has 112 valence electrons. The summed E-state index contributed by atoms with van der Waals surface area (Å²) in [5.74, 6) is 1.18. The summed E-state index contributed by atoms with van der Waals surface area (Å²) in [5.41, 5.74) is 0.551. The molecule has 1 fully saturated rings. The first-order valence-corrected chi connectivity index (χ1v) is 7.13. The maximum absolute atomic E-state index is 11.9. The van der Waals surface area contributed by atoms with Crippen LogP contribution in [-0.2, 0) is 4.74 Å². The minimum Gasteiger partial charge on any atom is -0.449 e. The zero-order valence-electron chi connectivity index (χ0n) is 12.5. The van der Waals surface area contributed by atoms with Crippen molar-refractivity contribution in [3.05, 3.63) is 23.9 Å². The van der Waals surface area contributed by atoms with Gasteiger partial charge in [-0.15, -0.1) is 0 Å². The van der Waals surface area contributed by atoms with Gasteiger partial charge < -0.3 is 14.5 Å². The lowest BCUT2D eigenvalue weighted by Gasteiger charge is -2.34. The number of carbonyl (C=O) groups is 1. The van der Waals surface area contributed by atoms with Crippen molar-refractivity contribution in [1.82, 2.24) is 9.88 Å². The molecule has 1 aliphatic heterocycles. The monoisotopic (exact) mass is 288 g/mol. The summed E-state index contributed by atoms with van der Waals surface area (Å²) >= 11 is 0. The van der Waals surface area contributed by atoms with E-state index in [1.54, 1.807) is 17.2 Å². The van der Waals surface area contributed by atoms with E-state index in [9.17, 15) is 4.79 Å². The van der Waals surface area contributed by atoms with Crippen LogP contribution in [0.25, 0.3) is 0 Å². The molecule has 1 aliphatic rings. The topological polar surface area (TPSA) is 69.5 Å². The number of rotatable bonds is 3. The Morgan fingerprint density at radius 2 is 2.10 bits per heavy atom. The molecule has 1 amide bonds. The van der Waals surface area contributed by atoms with Crippen LogP contribution >= 0.6 is 0 Å². The minimum atomic E-state index is -0.240. The highest BCUT2D eigenvalue weighted by atomic mass is 16.6. The van der Waals surface area contributed by atoms with Gasteiger partial charge in [0.25, 0.3) is 0 Å². The number of ether oxygens (including phenoxy) is 1. The molecule has 0 unspecified atom stereocenters. The summed E-state index contributed by atoms with van der Waals surface area (Å²) < 4.78 is 5.23. The van der Waals surface area contributed by atoms with Crippen LogP contribution in [0.4, 0.5) is 10.6 Å². The summed E-state index contributed by atoms with van der Waals surface area (Å²) in [5, 5.41) is 8.76. The quantitative estimate of drug-likeness (QED) is 0.849. The number of anilines is 1. The maximum Gasteiger partial charge on any atom is 0.409 e. The van der Waals surface area contributed by atoms with Gasteiger partial charge in [-0.25, -0.2) is 9.78 Å². The average Bonchev–Trinajstić information content (AvgIpc) is 2.53. The third-order valence-corrected chi connectivity index (χ3v) is 3.28. The van der Waals surface area contributed by atoms with Crippen molar-refractivity contribution in [3.8, 4) is 6.07 Å². The van der Waals surface area contributed by atoms with Crippen molar-refractivity contribution in [2.24, 2.45) is 5.92 Å². The van der Waals surface area contributed by atoms with E-state index < -0.39 is 0 Å². The van der Waals surface area contributed by atoms with Gasteiger partial charge in [0.1, 0.15) is 11.9 Å². The van der Waals surface area contributed by atoms with Crippen molar-refractivity contribution in [2.45, 2.75) is 13.8 Å². The second-order valence-electron chi connectivity index (χ2n) is 5.46. The third kappa shape index (κ3) is 4.09. The molecular formula is C15H20N4O2. The van der Waals surface area contributed by atoms with E-state index >= 15 is 0 Å². The van der Waals surface area contributed by atoms with Gasteiger partial charge in [0.05, 0.1) is 12.2 Å². The lowest BCUT2D eigenvalue weighted by atomic mass is 10.2. The number of carbonyl (C=O) groups excluding carboxylic acids is 1. The van der Waals surface area contributed by atoms with Crippen molar-refractivity contribution in [1.29, 1.82) is 5.26 Å². The van der Waals surface area contributed by atoms with Crippen LogP contribution in [-0.4, -0.2) is 48.8 Å². The van der Waals surface area contributed by atoms with Crippen LogP contribution in [0.5, 0.6) is 0 Å². The second-order valence-corrected chi connectivity index (χ2v) is 5.46. The number of pyridine rings is 1. The SMILES string of the molecule is CC(C)COC(=O)N1CCN(c2ccc(C#N)cn2)CC1. The first kappa shape index (κ1) is 15.1. The Morgan fingerprint density at radius 1 is 1.38 bits per heavy atom. The first-order chi connectivity index (χ1) is 10.1. The number of amides is 1. The molecule has 1 aromatic heterocycles. The van der Waals surface area contributed by atoms with Crippen LogP contribution in [0.2, 0.25) is 0 Å². The summed E-state index contributed by atoms with van der Waals surface area (Å²) in [6, 6.07) is 5.65. The van der Waals surface area contributed by atoms with Crippen LogP contribution in [0.1, 0.15) is 19.4 Å². The van der Waals surface area contributed by atoms with E-state index in [1.165, 1.54) is 0 Å². The van der Waals surface area contributed by atoms with Crippen LogP contribution in [0, 0.1) is 17.2 Å². The van der Waals surface area contributed by atoms with Crippen molar-refractivity contribution >= 4 is 11.9 Å². The van der Waals surface area contributed by atoms with E-state index in [1.807, 2.05) is 19.9 Å². The maximum atomic E-state index is 11.9. The Bertz CT molecular complexity index is 513. The predicted octanol–water partition coefficient (Wildman–Crippen LogP) is 1.87. The van der Waals surface area contributed by atoms with E-state index in [4.69, 9.17) is 10.00 Å². The number of hydrogen-bond donors (Lipinski definition) is 0. The van der Waals surface area contributed by atoms with E-state index in [2.05, 4.69) is 16.0 Å². The molecule has 0 radical (unpaired) electrons. The van der Waals surface area contributed by atoms with E-state index in [0.29, 0.717) is 31.2 Å². The molecule has 0 N–H and O–H groups in total. The lowest BCUT2D eigenvalue weighted by Crippen LogP contribution is -2.49. The molecule has 2 rings (SSSR count). The molecule has 1 aromatic rings. The van der Waals surface area contributed by atoms with E-state index in [-0.39, 0.29) is 6.09 Å². The van der Waals surface area contributed by atoms with Crippen molar-refractivity contribution < 1.29 is 9.53 Å². The van der Waals surface area contributed by atoms with Gasteiger partial charge >= 0.3 is 6.09 Å². The molecule has 6 nitrogen and oxygen atoms in total. The zero-order chi connectivity index (χ0) is 15.2. The van der Waals surface area contributed by atoms with Gasteiger partial charge in [0.15, 0.2) is 0 Å². The van der Waals surface area contributed by atoms with Gasteiger partial charge in [-0.3, -0.25) is 0 Å². The Morgan fingerprint density at radius 3 is 2.62 bits per heavy atom. The highest BCUT2D eigenvalue weighted by Crippen LogP contribution is 2.14. The molecule has 0 spiro atoms. The van der Waals surface area contributed by atoms with Crippen LogP contribution in [0.3, 0.4) is 0 Å². The Labute approximate surface area is 124 Å². The Hall–Kier alpha value is -2.29. The number of piperazine rings is 1.